The Hall–Kier alpha value is -0.860. The highest BCUT2D eigenvalue weighted by atomic mass is 16.5. The molecule has 1 aromatic carbocycles. The van der Waals surface area contributed by atoms with Crippen molar-refractivity contribution in [3.05, 3.63) is 34.9 Å². The van der Waals surface area contributed by atoms with Crippen molar-refractivity contribution >= 4 is 0 Å². The van der Waals surface area contributed by atoms with E-state index in [-0.39, 0.29) is 6.04 Å². The number of ether oxygens (including phenoxy) is 1. The molecule has 0 aliphatic heterocycles. The summed E-state index contributed by atoms with van der Waals surface area (Å²) in [6.45, 7) is 7.18. The molecule has 0 heterocycles. The lowest BCUT2D eigenvalue weighted by Gasteiger charge is -2.36. The Kier molecular flexibility index (Phi) is 4.41. The molecule has 100 valence electrons. The third-order valence-electron chi connectivity index (χ3n) is 4.01. The van der Waals surface area contributed by atoms with Crippen LogP contribution in [0.15, 0.2) is 18.2 Å². The molecule has 2 heteroatoms. The number of aryl methyl sites for hydroxylation is 2. The minimum absolute atomic E-state index is 0.179. The molecule has 1 aromatic rings. The maximum absolute atomic E-state index is 6.33. The van der Waals surface area contributed by atoms with Crippen molar-refractivity contribution in [1.82, 2.24) is 0 Å². The molecule has 2 nitrogen and oxygen atoms in total. The molecule has 2 rings (SSSR count). The Labute approximate surface area is 111 Å². The van der Waals surface area contributed by atoms with E-state index in [0.717, 1.165) is 18.9 Å². The van der Waals surface area contributed by atoms with Gasteiger partial charge in [0.1, 0.15) is 0 Å². The quantitative estimate of drug-likeness (QED) is 0.864. The van der Waals surface area contributed by atoms with Crippen LogP contribution in [0.5, 0.6) is 0 Å². The summed E-state index contributed by atoms with van der Waals surface area (Å²) in [5.41, 5.74) is 10.3. The number of nitrogens with two attached hydrogens (primary N) is 1. The van der Waals surface area contributed by atoms with Crippen molar-refractivity contribution in [1.29, 1.82) is 0 Å². The van der Waals surface area contributed by atoms with Crippen LogP contribution in [0.25, 0.3) is 0 Å². The second-order valence-corrected chi connectivity index (χ2v) is 5.62. The van der Waals surface area contributed by atoms with Crippen LogP contribution < -0.4 is 5.73 Å². The highest BCUT2D eigenvalue weighted by Crippen LogP contribution is 2.36. The summed E-state index contributed by atoms with van der Waals surface area (Å²) in [4.78, 5) is 0. The minimum Gasteiger partial charge on any atom is -0.378 e. The molecule has 1 fully saturated rings. The third kappa shape index (κ3) is 3.12. The summed E-state index contributed by atoms with van der Waals surface area (Å²) in [6.07, 6.45) is 3.96. The predicted octanol–water partition coefficient (Wildman–Crippen LogP) is 3.51. The smallest absolute Gasteiger partial charge is 0.0580 e. The molecular formula is C16H25NO. The van der Waals surface area contributed by atoms with Gasteiger partial charge in [0, 0.05) is 12.6 Å². The van der Waals surface area contributed by atoms with Crippen molar-refractivity contribution in [3.63, 3.8) is 0 Å². The van der Waals surface area contributed by atoms with Crippen LogP contribution in [-0.2, 0) is 4.74 Å². The second kappa shape index (κ2) is 5.85. The van der Waals surface area contributed by atoms with Gasteiger partial charge in [-0.1, -0.05) is 23.8 Å². The van der Waals surface area contributed by atoms with Crippen molar-refractivity contribution in [2.45, 2.75) is 52.2 Å². The highest BCUT2D eigenvalue weighted by Gasteiger charge is 2.31. The number of hydrogen-bond donors (Lipinski definition) is 1. The fraction of sp³-hybridized carbons (Fsp3) is 0.625. The zero-order valence-electron chi connectivity index (χ0n) is 11.8. The fourth-order valence-corrected chi connectivity index (χ4v) is 2.97. The van der Waals surface area contributed by atoms with E-state index in [2.05, 4.69) is 39.0 Å². The van der Waals surface area contributed by atoms with Crippen LogP contribution in [0, 0.1) is 19.8 Å². The van der Waals surface area contributed by atoms with Gasteiger partial charge in [0.25, 0.3) is 0 Å². The van der Waals surface area contributed by atoms with Crippen LogP contribution in [0.4, 0.5) is 0 Å². The first-order valence-electron chi connectivity index (χ1n) is 7.04. The van der Waals surface area contributed by atoms with Gasteiger partial charge in [-0.05, 0) is 57.1 Å². The molecule has 0 saturated heterocycles. The van der Waals surface area contributed by atoms with Gasteiger partial charge in [-0.15, -0.1) is 0 Å². The van der Waals surface area contributed by atoms with Crippen LogP contribution in [0.2, 0.25) is 0 Å². The fourth-order valence-electron chi connectivity index (χ4n) is 2.97. The van der Waals surface area contributed by atoms with Crippen molar-refractivity contribution in [2.75, 3.05) is 6.61 Å². The SMILES string of the molecule is CCOC1CC(CC(N)c2ccc(C)cc2C)C1. The van der Waals surface area contributed by atoms with E-state index >= 15 is 0 Å². The Bertz CT molecular complexity index is 396. The Balaban J connectivity index is 1.87. The molecule has 0 spiro atoms. The lowest BCUT2D eigenvalue weighted by Crippen LogP contribution is -2.33. The molecule has 1 saturated carbocycles. The van der Waals surface area contributed by atoms with Crippen molar-refractivity contribution in [3.8, 4) is 0 Å². The van der Waals surface area contributed by atoms with Crippen LogP contribution in [0.3, 0.4) is 0 Å². The summed E-state index contributed by atoms with van der Waals surface area (Å²) in [5.74, 6) is 0.747. The second-order valence-electron chi connectivity index (χ2n) is 5.62. The molecule has 0 radical (unpaired) electrons. The van der Waals surface area contributed by atoms with Gasteiger partial charge >= 0.3 is 0 Å². The molecule has 2 N–H and O–H groups in total. The Morgan fingerprint density at radius 3 is 2.67 bits per heavy atom. The Morgan fingerprint density at radius 2 is 2.06 bits per heavy atom. The van der Waals surface area contributed by atoms with Gasteiger partial charge in [-0.25, -0.2) is 0 Å². The van der Waals surface area contributed by atoms with E-state index < -0.39 is 0 Å². The first-order chi connectivity index (χ1) is 8.60. The molecular weight excluding hydrogens is 222 g/mol. The highest BCUT2D eigenvalue weighted by molar-refractivity contribution is 5.32. The van der Waals surface area contributed by atoms with E-state index in [0.29, 0.717) is 6.10 Å². The molecule has 18 heavy (non-hydrogen) atoms. The lowest BCUT2D eigenvalue weighted by atomic mass is 9.77. The summed E-state index contributed by atoms with van der Waals surface area (Å²) in [5, 5.41) is 0. The zero-order valence-corrected chi connectivity index (χ0v) is 11.8. The average molecular weight is 247 g/mol. The van der Waals surface area contributed by atoms with E-state index in [1.165, 1.54) is 29.5 Å². The van der Waals surface area contributed by atoms with Crippen LogP contribution in [-0.4, -0.2) is 12.7 Å². The van der Waals surface area contributed by atoms with Crippen LogP contribution >= 0.6 is 0 Å². The average Bonchev–Trinajstić information content (AvgIpc) is 2.26. The van der Waals surface area contributed by atoms with E-state index in [1.54, 1.807) is 0 Å². The topological polar surface area (TPSA) is 35.2 Å². The molecule has 0 bridgehead atoms. The van der Waals surface area contributed by atoms with Gasteiger partial charge in [0.05, 0.1) is 6.10 Å². The molecule has 0 aromatic heterocycles. The number of rotatable bonds is 5. The Morgan fingerprint density at radius 1 is 1.33 bits per heavy atom. The first-order valence-corrected chi connectivity index (χ1v) is 7.04. The monoisotopic (exact) mass is 247 g/mol. The largest absolute Gasteiger partial charge is 0.378 e. The molecule has 1 aliphatic rings. The number of benzene rings is 1. The molecule has 1 aliphatic carbocycles. The van der Waals surface area contributed by atoms with Crippen LogP contribution in [0.1, 0.15) is 48.9 Å². The lowest BCUT2D eigenvalue weighted by molar-refractivity contribution is -0.0282. The van der Waals surface area contributed by atoms with Gasteiger partial charge in [0.15, 0.2) is 0 Å². The van der Waals surface area contributed by atoms with Gasteiger partial charge < -0.3 is 10.5 Å². The van der Waals surface area contributed by atoms with Crippen molar-refractivity contribution in [2.24, 2.45) is 11.7 Å². The summed E-state index contributed by atoms with van der Waals surface area (Å²) in [7, 11) is 0. The summed E-state index contributed by atoms with van der Waals surface area (Å²) < 4.78 is 5.59. The molecule has 1 atom stereocenters. The van der Waals surface area contributed by atoms with E-state index in [9.17, 15) is 0 Å². The zero-order chi connectivity index (χ0) is 13.1. The normalized spacial score (nSPS) is 24.7. The summed E-state index contributed by atoms with van der Waals surface area (Å²) in [6, 6.07) is 6.75. The number of hydrogen-bond acceptors (Lipinski definition) is 2. The maximum Gasteiger partial charge on any atom is 0.0580 e. The minimum atomic E-state index is 0.179. The molecule has 0 amide bonds. The van der Waals surface area contributed by atoms with Gasteiger partial charge in [-0.3, -0.25) is 0 Å². The first kappa shape index (κ1) is 13.6. The standard InChI is InChI=1S/C16H25NO/c1-4-18-14-8-13(9-14)10-16(17)15-6-5-11(2)7-12(15)3/h5-7,13-14,16H,4,8-10,17H2,1-3H3. The molecule has 1 unspecified atom stereocenters. The van der Waals surface area contributed by atoms with Gasteiger partial charge in [-0.2, -0.15) is 0 Å². The van der Waals surface area contributed by atoms with E-state index in [1.807, 2.05) is 0 Å². The van der Waals surface area contributed by atoms with Gasteiger partial charge in [0.2, 0.25) is 0 Å². The van der Waals surface area contributed by atoms with E-state index in [4.69, 9.17) is 10.5 Å². The maximum atomic E-state index is 6.33. The third-order valence-corrected chi connectivity index (χ3v) is 4.01. The van der Waals surface area contributed by atoms with Crippen molar-refractivity contribution < 1.29 is 4.74 Å². The summed E-state index contributed by atoms with van der Waals surface area (Å²) >= 11 is 0. The predicted molar refractivity (Wildman–Crippen MR) is 75.6 cm³/mol.